The average molecular weight is 386 g/mol. The van der Waals surface area contributed by atoms with E-state index < -0.39 is 30.8 Å². The standard InChI is InChI=1S/C21H23FN2O4/c1-15(2)24(13-16-8-4-3-5-9-16)19(25)14-28-20(26)12-23-21(27)17-10-6-7-11-18(17)22/h3-11,15H,12-14H2,1-2H3,(H,23,27). The van der Waals surface area contributed by atoms with Crippen molar-refractivity contribution < 1.29 is 23.5 Å². The van der Waals surface area contributed by atoms with Crippen LogP contribution >= 0.6 is 0 Å². The van der Waals surface area contributed by atoms with Crippen molar-refractivity contribution in [2.45, 2.75) is 26.4 Å². The lowest BCUT2D eigenvalue weighted by molar-refractivity contribution is -0.152. The first-order valence-corrected chi connectivity index (χ1v) is 8.90. The van der Waals surface area contributed by atoms with Gasteiger partial charge in [-0.25, -0.2) is 4.39 Å². The first-order valence-electron chi connectivity index (χ1n) is 8.90. The smallest absolute Gasteiger partial charge is 0.325 e. The lowest BCUT2D eigenvalue weighted by atomic mass is 10.2. The van der Waals surface area contributed by atoms with Gasteiger partial charge in [-0.2, -0.15) is 0 Å². The molecule has 1 N–H and O–H groups in total. The maximum atomic E-state index is 13.5. The van der Waals surface area contributed by atoms with Crippen molar-refractivity contribution in [2.75, 3.05) is 13.2 Å². The van der Waals surface area contributed by atoms with Gasteiger partial charge in [-0.05, 0) is 31.5 Å². The summed E-state index contributed by atoms with van der Waals surface area (Å²) in [7, 11) is 0. The van der Waals surface area contributed by atoms with E-state index in [2.05, 4.69) is 5.32 Å². The lowest BCUT2D eigenvalue weighted by Gasteiger charge is -2.26. The van der Waals surface area contributed by atoms with Crippen LogP contribution in [-0.4, -0.2) is 41.9 Å². The van der Waals surface area contributed by atoms with Crippen LogP contribution in [0, 0.1) is 5.82 Å². The minimum Gasteiger partial charge on any atom is -0.454 e. The van der Waals surface area contributed by atoms with Crippen LogP contribution in [0.25, 0.3) is 0 Å². The molecular weight excluding hydrogens is 363 g/mol. The number of amides is 2. The van der Waals surface area contributed by atoms with Crippen molar-refractivity contribution in [1.29, 1.82) is 0 Å². The first kappa shape index (κ1) is 21.1. The number of nitrogens with one attached hydrogen (secondary N) is 1. The quantitative estimate of drug-likeness (QED) is 0.708. The molecule has 0 fully saturated rings. The maximum Gasteiger partial charge on any atom is 0.325 e. The summed E-state index contributed by atoms with van der Waals surface area (Å²) >= 11 is 0. The molecule has 0 atom stereocenters. The highest BCUT2D eigenvalue weighted by Gasteiger charge is 2.19. The van der Waals surface area contributed by atoms with Crippen molar-refractivity contribution >= 4 is 17.8 Å². The fourth-order valence-corrected chi connectivity index (χ4v) is 2.51. The van der Waals surface area contributed by atoms with Crippen LogP contribution < -0.4 is 5.32 Å². The van der Waals surface area contributed by atoms with Gasteiger partial charge in [0.05, 0.1) is 5.56 Å². The third-order valence-electron chi connectivity index (χ3n) is 4.01. The Balaban J connectivity index is 1.82. The van der Waals surface area contributed by atoms with E-state index in [9.17, 15) is 18.8 Å². The van der Waals surface area contributed by atoms with E-state index in [0.29, 0.717) is 6.54 Å². The zero-order chi connectivity index (χ0) is 20.5. The SMILES string of the molecule is CC(C)N(Cc1ccccc1)C(=O)COC(=O)CNC(=O)c1ccccc1F. The Morgan fingerprint density at radius 2 is 1.68 bits per heavy atom. The minimum atomic E-state index is -0.776. The molecule has 0 radical (unpaired) electrons. The van der Waals surface area contributed by atoms with Gasteiger partial charge in [-0.3, -0.25) is 14.4 Å². The third-order valence-corrected chi connectivity index (χ3v) is 4.01. The Morgan fingerprint density at radius 3 is 2.32 bits per heavy atom. The number of halogens is 1. The second-order valence-electron chi connectivity index (χ2n) is 6.42. The molecular formula is C21H23FN2O4. The zero-order valence-corrected chi connectivity index (χ0v) is 15.9. The summed E-state index contributed by atoms with van der Waals surface area (Å²) in [6.45, 7) is 3.26. The molecule has 0 heterocycles. The predicted molar refractivity (Wildman–Crippen MR) is 102 cm³/mol. The summed E-state index contributed by atoms with van der Waals surface area (Å²) in [5, 5.41) is 2.28. The van der Waals surface area contributed by atoms with Crippen LogP contribution in [-0.2, 0) is 20.9 Å². The van der Waals surface area contributed by atoms with E-state index in [4.69, 9.17) is 4.74 Å². The monoisotopic (exact) mass is 386 g/mol. The minimum absolute atomic E-state index is 0.0767. The number of rotatable bonds is 8. The molecule has 0 spiro atoms. The van der Waals surface area contributed by atoms with Crippen molar-refractivity contribution in [1.82, 2.24) is 10.2 Å². The molecule has 0 aliphatic heterocycles. The average Bonchev–Trinajstić information content (AvgIpc) is 2.69. The molecule has 0 saturated carbocycles. The summed E-state index contributed by atoms with van der Waals surface area (Å²) in [6.07, 6.45) is 0. The van der Waals surface area contributed by atoms with E-state index >= 15 is 0 Å². The number of hydrogen-bond acceptors (Lipinski definition) is 4. The van der Waals surface area contributed by atoms with E-state index in [0.717, 1.165) is 11.6 Å². The zero-order valence-electron chi connectivity index (χ0n) is 15.9. The molecule has 2 aromatic carbocycles. The van der Waals surface area contributed by atoms with Crippen LogP contribution in [0.4, 0.5) is 4.39 Å². The highest BCUT2D eigenvalue weighted by atomic mass is 19.1. The molecule has 0 aliphatic rings. The van der Waals surface area contributed by atoms with Gasteiger partial charge in [0, 0.05) is 12.6 Å². The Morgan fingerprint density at radius 1 is 1.04 bits per heavy atom. The Bertz CT molecular complexity index is 824. The highest BCUT2D eigenvalue weighted by molar-refractivity contribution is 5.96. The predicted octanol–water partition coefficient (Wildman–Crippen LogP) is 2.54. The Hall–Kier alpha value is -3.22. The summed E-state index contributed by atoms with van der Waals surface area (Å²) in [5.41, 5.74) is 0.799. The summed E-state index contributed by atoms with van der Waals surface area (Å²) in [6, 6.07) is 14.8. The topological polar surface area (TPSA) is 75.7 Å². The van der Waals surface area contributed by atoms with Gasteiger partial charge >= 0.3 is 5.97 Å². The molecule has 148 valence electrons. The molecule has 0 bridgehead atoms. The number of hydrogen-bond donors (Lipinski definition) is 1. The van der Waals surface area contributed by atoms with Crippen molar-refractivity contribution in [3.8, 4) is 0 Å². The number of esters is 1. The molecule has 2 aromatic rings. The summed E-state index contributed by atoms with van der Waals surface area (Å²) < 4.78 is 18.5. The largest absolute Gasteiger partial charge is 0.454 e. The number of benzene rings is 2. The van der Waals surface area contributed by atoms with Crippen LogP contribution in [0.15, 0.2) is 54.6 Å². The van der Waals surface area contributed by atoms with Gasteiger partial charge in [-0.1, -0.05) is 42.5 Å². The van der Waals surface area contributed by atoms with Crippen LogP contribution in [0.1, 0.15) is 29.8 Å². The van der Waals surface area contributed by atoms with Crippen LogP contribution in [0.2, 0.25) is 0 Å². The number of carbonyl (C=O) groups is 3. The fourth-order valence-electron chi connectivity index (χ4n) is 2.51. The second-order valence-corrected chi connectivity index (χ2v) is 6.42. The van der Waals surface area contributed by atoms with Crippen molar-refractivity contribution in [2.24, 2.45) is 0 Å². The van der Waals surface area contributed by atoms with Gasteiger partial charge in [0.1, 0.15) is 12.4 Å². The third kappa shape index (κ3) is 6.19. The number of ether oxygens (including phenoxy) is 1. The summed E-state index contributed by atoms with van der Waals surface area (Å²) in [4.78, 5) is 37.7. The fraction of sp³-hybridized carbons (Fsp3) is 0.286. The van der Waals surface area contributed by atoms with Gasteiger partial charge in [-0.15, -0.1) is 0 Å². The normalized spacial score (nSPS) is 10.4. The molecule has 2 rings (SSSR count). The van der Waals surface area contributed by atoms with E-state index in [1.165, 1.54) is 18.2 Å². The van der Waals surface area contributed by atoms with Crippen molar-refractivity contribution in [3.05, 3.63) is 71.5 Å². The summed E-state index contributed by atoms with van der Waals surface area (Å²) in [5.74, 6) is -2.53. The molecule has 0 saturated heterocycles. The van der Waals surface area contributed by atoms with E-state index in [-0.39, 0.29) is 17.5 Å². The molecule has 0 aliphatic carbocycles. The molecule has 6 nitrogen and oxygen atoms in total. The van der Waals surface area contributed by atoms with E-state index in [1.807, 2.05) is 44.2 Å². The molecule has 0 unspecified atom stereocenters. The Kier molecular flexibility index (Phi) is 7.68. The first-order chi connectivity index (χ1) is 13.4. The number of carbonyl (C=O) groups excluding carboxylic acids is 3. The van der Waals surface area contributed by atoms with Crippen molar-refractivity contribution in [3.63, 3.8) is 0 Å². The van der Waals surface area contributed by atoms with E-state index in [1.54, 1.807) is 4.90 Å². The molecule has 2 amide bonds. The second kappa shape index (κ2) is 10.2. The highest BCUT2D eigenvalue weighted by Crippen LogP contribution is 2.09. The van der Waals surface area contributed by atoms with Gasteiger partial charge in [0.25, 0.3) is 11.8 Å². The molecule has 28 heavy (non-hydrogen) atoms. The van der Waals surface area contributed by atoms with Gasteiger partial charge < -0.3 is 15.0 Å². The van der Waals surface area contributed by atoms with Crippen LogP contribution in [0.5, 0.6) is 0 Å². The lowest BCUT2D eigenvalue weighted by Crippen LogP contribution is -2.40. The molecule has 7 heteroatoms. The van der Waals surface area contributed by atoms with Gasteiger partial charge in [0.2, 0.25) is 0 Å². The van der Waals surface area contributed by atoms with Crippen LogP contribution in [0.3, 0.4) is 0 Å². The Labute approximate surface area is 163 Å². The molecule has 0 aromatic heterocycles. The maximum absolute atomic E-state index is 13.5. The number of nitrogens with zero attached hydrogens (tertiary/aromatic N) is 1. The van der Waals surface area contributed by atoms with Gasteiger partial charge in [0.15, 0.2) is 6.61 Å².